The Bertz CT molecular complexity index is 936. The van der Waals surface area contributed by atoms with E-state index >= 15 is 0 Å². The van der Waals surface area contributed by atoms with Crippen molar-refractivity contribution in [2.45, 2.75) is 6.42 Å². The molecule has 0 aliphatic carbocycles. The molecule has 1 amide bonds. The monoisotopic (exact) mass is 356 g/mol. The maximum absolute atomic E-state index is 11.7. The first-order valence-electron chi connectivity index (χ1n) is 7.56. The van der Waals surface area contributed by atoms with E-state index < -0.39 is 5.97 Å². The summed E-state index contributed by atoms with van der Waals surface area (Å²) in [5.41, 5.74) is 1.58. The van der Waals surface area contributed by atoms with Gasteiger partial charge in [-0.25, -0.2) is 4.98 Å². The number of amides is 1. The Hall–Kier alpha value is -2.93. The zero-order chi connectivity index (χ0) is 17.8. The minimum atomic E-state index is -1.07. The molecule has 0 aliphatic heterocycles. The maximum Gasteiger partial charge on any atom is 0.322 e. The highest BCUT2D eigenvalue weighted by atomic mass is 32.1. The van der Waals surface area contributed by atoms with E-state index in [0.717, 1.165) is 27.1 Å². The van der Waals surface area contributed by atoms with Crippen molar-refractivity contribution in [1.29, 1.82) is 0 Å². The number of carbonyl (C=O) groups excluding carboxylic acids is 1. The van der Waals surface area contributed by atoms with Crippen LogP contribution in [0.15, 0.2) is 41.8 Å². The lowest BCUT2D eigenvalue weighted by Gasteiger charge is -2.04. The third kappa shape index (κ3) is 4.13. The molecule has 0 saturated carbocycles. The van der Waals surface area contributed by atoms with Crippen molar-refractivity contribution < 1.29 is 19.4 Å². The number of carbonyl (C=O) groups is 2. The molecule has 3 rings (SSSR count). The van der Waals surface area contributed by atoms with Crippen LogP contribution in [0.5, 0.6) is 5.75 Å². The van der Waals surface area contributed by atoms with Crippen LogP contribution in [0.1, 0.15) is 5.69 Å². The van der Waals surface area contributed by atoms with Crippen LogP contribution >= 0.6 is 11.3 Å². The molecule has 7 heteroatoms. The van der Waals surface area contributed by atoms with Gasteiger partial charge in [-0.15, -0.1) is 11.3 Å². The van der Waals surface area contributed by atoms with Crippen LogP contribution in [-0.2, 0) is 16.0 Å². The van der Waals surface area contributed by atoms with Crippen LogP contribution in [0, 0.1) is 0 Å². The summed E-state index contributed by atoms with van der Waals surface area (Å²) in [6.07, 6.45) is 0.0607. The van der Waals surface area contributed by atoms with E-state index in [1.54, 1.807) is 7.11 Å². The Morgan fingerprint density at radius 2 is 2.00 bits per heavy atom. The van der Waals surface area contributed by atoms with Gasteiger partial charge in [0.2, 0.25) is 5.91 Å². The molecule has 1 aromatic heterocycles. The van der Waals surface area contributed by atoms with Crippen molar-refractivity contribution in [3.63, 3.8) is 0 Å². The maximum atomic E-state index is 11.7. The number of methoxy groups -OCH3 is 1. The fourth-order valence-electron chi connectivity index (χ4n) is 2.41. The highest BCUT2D eigenvalue weighted by molar-refractivity contribution is 7.13. The second-order valence-corrected chi connectivity index (χ2v) is 6.28. The van der Waals surface area contributed by atoms with Gasteiger partial charge in [-0.2, -0.15) is 0 Å². The molecule has 0 aliphatic rings. The Kier molecular flexibility index (Phi) is 4.95. The van der Waals surface area contributed by atoms with Gasteiger partial charge in [0.05, 0.1) is 19.2 Å². The number of hydrogen-bond acceptors (Lipinski definition) is 5. The average Bonchev–Trinajstić information content (AvgIpc) is 3.07. The molecular weight excluding hydrogens is 340 g/mol. The van der Waals surface area contributed by atoms with E-state index in [4.69, 9.17) is 9.84 Å². The van der Waals surface area contributed by atoms with E-state index in [0.29, 0.717) is 5.69 Å². The third-order valence-corrected chi connectivity index (χ3v) is 4.56. The molecule has 128 valence electrons. The Balaban J connectivity index is 1.78. The fourth-order valence-corrected chi connectivity index (χ4v) is 3.22. The van der Waals surface area contributed by atoms with Gasteiger partial charge >= 0.3 is 5.97 Å². The molecule has 2 aromatic carbocycles. The van der Waals surface area contributed by atoms with E-state index in [9.17, 15) is 9.59 Å². The van der Waals surface area contributed by atoms with Crippen LogP contribution in [0.3, 0.4) is 0 Å². The second-order valence-electron chi connectivity index (χ2n) is 5.42. The van der Waals surface area contributed by atoms with E-state index in [-0.39, 0.29) is 18.9 Å². The summed E-state index contributed by atoms with van der Waals surface area (Å²) in [7, 11) is 1.63. The molecule has 1 heterocycles. The standard InChI is InChI=1S/C18H16N2O4S/c1-24-15-5-4-11-2-3-12(6-13(11)7-15)18-20-14(10-25-18)8-16(21)19-9-17(22)23/h2-7,10H,8-9H2,1H3,(H,19,21)(H,22,23). The lowest BCUT2D eigenvalue weighted by Crippen LogP contribution is -2.30. The summed E-state index contributed by atoms with van der Waals surface area (Å²) in [5.74, 6) is -0.638. The van der Waals surface area contributed by atoms with Crippen LogP contribution in [0.4, 0.5) is 0 Å². The van der Waals surface area contributed by atoms with Gasteiger partial charge in [-0.05, 0) is 29.0 Å². The smallest absolute Gasteiger partial charge is 0.322 e. The van der Waals surface area contributed by atoms with Crippen molar-refractivity contribution in [3.05, 3.63) is 47.5 Å². The van der Waals surface area contributed by atoms with E-state index in [1.165, 1.54) is 11.3 Å². The minimum absolute atomic E-state index is 0.0607. The first-order valence-corrected chi connectivity index (χ1v) is 8.44. The second kappa shape index (κ2) is 7.31. The average molecular weight is 356 g/mol. The van der Waals surface area contributed by atoms with Crippen molar-refractivity contribution in [2.24, 2.45) is 0 Å². The molecule has 6 nitrogen and oxygen atoms in total. The molecule has 25 heavy (non-hydrogen) atoms. The van der Waals surface area contributed by atoms with E-state index in [2.05, 4.69) is 10.3 Å². The molecule has 0 unspecified atom stereocenters. The number of rotatable bonds is 6. The molecule has 2 N–H and O–H groups in total. The van der Waals surface area contributed by atoms with Crippen molar-refractivity contribution in [3.8, 4) is 16.3 Å². The van der Waals surface area contributed by atoms with Crippen LogP contribution < -0.4 is 10.1 Å². The van der Waals surface area contributed by atoms with Gasteiger partial charge in [0.25, 0.3) is 0 Å². The van der Waals surface area contributed by atoms with Gasteiger partial charge in [0, 0.05) is 10.9 Å². The number of hydrogen-bond donors (Lipinski definition) is 2. The summed E-state index contributed by atoms with van der Waals surface area (Å²) in [5, 5.41) is 15.7. The lowest BCUT2D eigenvalue weighted by atomic mass is 10.1. The molecule has 0 spiro atoms. The Morgan fingerprint density at radius 1 is 1.20 bits per heavy atom. The van der Waals surface area contributed by atoms with Crippen LogP contribution in [0.2, 0.25) is 0 Å². The van der Waals surface area contributed by atoms with Crippen molar-refractivity contribution in [2.75, 3.05) is 13.7 Å². The first kappa shape index (κ1) is 16.9. The predicted molar refractivity (Wildman–Crippen MR) is 96.0 cm³/mol. The van der Waals surface area contributed by atoms with E-state index in [1.807, 2.05) is 41.8 Å². The molecule has 3 aromatic rings. The number of nitrogens with one attached hydrogen (secondary N) is 1. The number of thiazole rings is 1. The number of carboxylic acid groups (broad SMARTS) is 1. The molecule has 0 radical (unpaired) electrons. The van der Waals surface area contributed by atoms with Gasteiger partial charge in [0.15, 0.2) is 0 Å². The molecule has 0 bridgehead atoms. The first-order chi connectivity index (χ1) is 12.0. The molecule has 0 saturated heterocycles. The molecular formula is C18H16N2O4S. The number of carboxylic acids is 1. The zero-order valence-corrected chi connectivity index (χ0v) is 14.3. The lowest BCUT2D eigenvalue weighted by molar-refractivity contribution is -0.137. The Morgan fingerprint density at radius 3 is 2.76 bits per heavy atom. The molecule has 0 fully saturated rings. The highest BCUT2D eigenvalue weighted by Crippen LogP contribution is 2.29. The predicted octanol–water partition coefficient (Wildman–Crippen LogP) is 2.72. The van der Waals surface area contributed by atoms with Crippen LogP contribution in [-0.4, -0.2) is 35.6 Å². The van der Waals surface area contributed by atoms with Crippen LogP contribution in [0.25, 0.3) is 21.3 Å². The number of aromatic nitrogens is 1. The fraction of sp³-hybridized carbons (Fsp3) is 0.167. The number of benzene rings is 2. The van der Waals surface area contributed by atoms with Gasteiger partial charge in [0.1, 0.15) is 17.3 Å². The molecule has 0 atom stereocenters. The SMILES string of the molecule is COc1ccc2ccc(-c3nc(CC(=O)NCC(=O)O)cs3)cc2c1. The third-order valence-electron chi connectivity index (χ3n) is 3.62. The summed E-state index contributed by atoms with van der Waals surface area (Å²) < 4.78 is 5.26. The summed E-state index contributed by atoms with van der Waals surface area (Å²) in [6, 6.07) is 11.9. The summed E-state index contributed by atoms with van der Waals surface area (Å²) >= 11 is 1.45. The Labute approximate surface area is 148 Å². The number of aliphatic carboxylic acids is 1. The van der Waals surface area contributed by atoms with Gasteiger partial charge < -0.3 is 15.2 Å². The number of ether oxygens (including phenoxy) is 1. The van der Waals surface area contributed by atoms with Crippen molar-refractivity contribution in [1.82, 2.24) is 10.3 Å². The normalized spacial score (nSPS) is 10.6. The topological polar surface area (TPSA) is 88.5 Å². The zero-order valence-electron chi connectivity index (χ0n) is 13.5. The summed E-state index contributed by atoms with van der Waals surface area (Å²) in [4.78, 5) is 26.6. The summed E-state index contributed by atoms with van der Waals surface area (Å²) in [6.45, 7) is -0.387. The quantitative estimate of drug-likeness (QED) is 0.709. The largest absolute Gasteiger partial charge is 0.497 e. The number of nitrogens with zero attached hydrogens (tertiary/aromatic N) is 1. The number of fused-ring (bicyclic) bond motifs is 1. The van der Waals surface area contributed by atoms with Crippen molar-refractivity contribution >= 4 is 34.0 Å². The van der Waals surface area contributed by atoms with Gasteiger partial charge in [-0.1, -0.05) is 18.2 Å². The minimum Gasteiger partial charge on any atom is -0.497 e. The van der Waals surface area contributed by atoms with Gasteiger partial charge in [-0.3, -0.25) is 9.59 Å². The highest BCUT2D eigenvalue weighted by Gasteiger charge is 2.10.